The van der Waals surface area contributed by atoms with Crippen molar-refractivity contribution in [2.24, 2.45) is 0 Å². The second kappa shape index (κ2) is 8.09. The van der Waals surface area contributed by atoms with E-state index in [9.17, 15) is 0 Å². The maximum atomic E-state index is 6.89. The van der Waals surface area contributed by atoms with Crippen molar-refractivity contribution in [3.8, 4) is 17.2 Å². The molecule has 0 fully saturated rings. The van der Waals surface area contributed by atoms with Gasteiger partial charge in [-0.25, -0.2) is 4.67 Å². The largest absolute Gasteiger partial charge is 0.457 e. The van der Waals surface area contributed by atoms with Crippen LogP contribution in [0.5, 0.6) is 11.5 Å². The highest BCUT2D eigenvalue weighted by Gasteiger charge is 2.50. The van der Waals surface area contributed by atoms with Crippen molar-refractivity contribution < 1.29 is 4.74 Å². The Balaban J connectivity index is 1.39. The number of nitrogens with zero attached hydrogens (tertiary/aromatic N) is 3. The molecule has 1 unspecified atom stereocenters. The van der Waals surface area contributed by atoms with Crippen LogP contribution in [0.4, 0.5) is 0 Å². The molecule has 0 aliphatic carbocycles. The van der Waals surface area contributed by atoms with Crippen LogP contribution in [0.3, 0.4) is 0 Å². The Labute approximate surface area is 258 Å². The summed E-state index contributed by atoms with van der Waals surface area (Å²) in [6.45, 7) is 0. The third-order valence-electron chi connectivity index (χ3n) is 10.1. The SMILES string of the molecule is C1=CC(n2c3ccccc3c3cc4c(cc32)C2(c3ccccc3O4)c3ccccc3-n3c4ccccc4c4cccc2c43)=[N+]=C1. The summed E-state index contributed by atoms with van der Waals surface area (Å²) in [5, 5.41) is 4.86. The number of benzene rings is 6. The van der Waals surface area contributed by atoms with E-state index >= 15 is 0 Å². The number of allylic oxidation sites excluding steroid dienone is 2. The van der Waals surface area contributed by atoms with E-state index in [0.29, 0.717) is 0 Å². The first kappa shape index (κ1) is 23.4. The molecule has 1 spiro atoms. The fraction of sp³-hybridized carbons (Fsp3) is 0.0244. The summed E-state index contributed by atoms with van der Waals surface area (Å²) in [4.78, 5) is 0. The lowest BCUT2D eigenvalue weighted by molar-refractivity contribution is 0.435. The normalized spacial score (nSPS) is 17.2. The lowest BCUT2D eigenvalue weighted by Gasteiger charge is -2.44. The third kappa shape index (κ3) is 2.69. The van der Waals surface area contributed by atoms with Crippen LogP contribution in [0.2, 0.25) is 0 Å². The topological polar surface area (TPSA) is 33.2 Å². The molecule has 4 nitrogen and oxygen atoms in total. The average molecular weight is 575 g/mol. The van der Waals surface area contributed by atoms with Gasteiger partial charge in [-0.2, -0.15) is 4.57 Å². The van der Waals surface area contributed by atoms with Crippen molar-refractivity contribution in [1.82, 2.24) is 13.8 Å². The Morgan fingerprint density at radius 1 is 0.511 bits per heavy atom. The van der Waals surface area contributed by atoms with Gasteiger partial charge in [0.1, 0.15) is 22.5 Å². The average Bonchev–Trinajstić information content (AvgIpc) is 3.82. The zero-order valence-electron chi connectivity index (χ0n) is 24.1. The van der Waals surface area contributed by atoms with Crippen LogP contribution < -0.4 is 9.40 Å². The number of ether oxygens (including phenoxy) is 1. The van der Waals surface area contributed by atoms with Crippen molar-refractivity contribution in [3.05, 3.63) is 162 Å². The smallest absolute Gasteiger partial charge is 0.380 e. The fourth-order valence-electron chi connectivity index (χ4n) is 8.45. The zero-order chi connectivity index (χ0) is 29.3. The summed E-state index contributed by atoms with van der Waals surface area (Å²) in [6.07, 6.45) is 5.96. The number of hydrogen-bond donors (Lipinski definition) is 0. The highest BCUT2D eigenvalue weighted by molar-refractivity contribution is 6.18. The Morgan fingerprint density at radius 2 is 1.20 bits per heavy atom. The van der Waals surface area contributed by atoms with E-state index in [-0.39, 0.29) is 0 Å². The van der Waals surface area contributed by atoms with Gasteiger partial charge in [0.2, 0.25) is 0 Å². The lowest BCUT2D eigenvalue weighted by atomic mass is 9.61. The van der Waals surface area contributed by atoms with E-state index < -0.39 is 5.41 Å². The molecular weight excluding hydrogens is 550 g/mol. The van der Waals surface area contributed by atoms with Crippen LogP contribution >= 0.6 is 0 Å². The second-order valence-corrected chi connectivity index (χ2v) is 12.1. The first-order chi connectivity index (χ1) is 22.3. The van der Waals surface area contributed by atoms with E-state index in [4.69, 9.17) is 9.40 Å². The number of para-hydroxylation sites is 5. The van der Waals surface area contributed by atoms with Crippen molar-refractivity contribution >= 4 is 55.7 Å². The highest BCUT2D eigenvalue weighted by atomic mass is 16.5. The number of hydrogen-bond acceptors (Lipinski definition) is 1. The minimum atomic E-state index is -0.612. The molecule has 6 aromatic carbocycles. The van der Waals surface area contributed by atoms with Gasteiger partial charge in [0.15, 0.2) is 6.21 Å². The van der Waals surface area contributed by atoms with Gasteiger partial charge in [-0.1, -0.05) is 84.9 Å². The molecule has 3 aliphatic rings. The predicted octanol–water partition coefficient (Wildman–Crippen LogP) is 8.65. The molecule has 0 saturated carbocycles. The van der Waals surface area contributed by atoms with Gasteiger partial charge >= 0.3 is 5.84 Å². The van der Waals surface area contributed by atoms with Crippen LogP contribution in [0.1, 0.15) is 22.3 Å². The Hall–Kier alpha value is -6.09. The molecule has 5 heterocycles. The summed E-state index contributed by atoms with van der Waals surface area (Å²) < 4.78 is 16.4. The first-order valence-electron chi connectivity index (χ1n) is 15.4. The molecule has 2 aromatic heterocycles. The molecule has 0 N–H and O–H groups in total. The van der Waals surface area contributed by atoms with Crippen molar-refractivity contribution in [2.75, 3.05) is 0 Å². The quantitative estimate of drug-likeness (QED) is 0.167. The van der Waals surface area contributed by atoms with E-state index in [1.807, 2.05) is 12.3 Å². The van der Waals surface area contributed by atoms with Gasteiger partial charge in [-0.05, 0) is 53.6 Å². The molecule has 1 atom stereocenters. The van der Waals surface area contributed by atoms with Crippen LogP contribution in [0.15, 0.2) is 140 Å². The summed E-state index contributed by atoms with van der Waals surface area (Å²) in [6, 6.07) is 46.4. The molecule has 0 radical (unpaired) electrons. The Morgan fingerprint density at radius 3 is 2.04 bits per heavy atom. The predicted molar refractivity (Wildman–Crippen MR) is 183 cm³/mol. The third-order valence-corrected chi connectivity index (χ3v) is 10.1. The monoisotopic (exact) mass is 574 g/mol. The van der Waals surface area contributed by atoms with Crippen LogP contribution in [0, 0.1) is 0 Å². The van der Waals surface area contributed by atoms with Gasteiger partial charge in [0, 0.05) is 38.7 Å². The highest BCUT2D eigenvalue weighted by Crippen LogP contribution is 2.61. The van der Waals surface area contributed by atoms with Crippen LogP contribution in [-0.4, -0.2) is 21.2 Å². The van der Waals surface area contributed by atoms with Crippen molar-refractivity contribution in [2.45, 2.75) is 5.41 Å². The number of fused-ring (bicyclic) bond motifs is 14. The van der Waals surface area contributed by atoms with E-state index in [0.717, 1.165) is 44.9 Å². The minimum absolute atomic E-state index is 0.612. The Kier molecular flexibility index (Phi) is 4.20. The van der Waals surface area contributed by atoms with Gasteiger partial charge in [-0.3, -0.25) is 0 Å². The Bertz CT molecular complexity index is 2730. The first-order valence-corrected chi connectivity index (χ1v) is 15.4. The molecule has 11 rings (SSSR count). The summed E-state index contributed by atoms with van der Waals surface area (Å²) in [7, 11) is 0. The fourth-order valence-corrected chi connectivity index (χ4v) is 8.45. The maximum absolute atomic E-state index is 6.89. The van der Waals surface area contributed by atoms with Crippen LogP contribution in [-0.2, 0) is 5.41 Å². The van der Waals surface area contributed by atoms with Gasteiger partial charge in [-0.15, -0.1) is 0 Å². The minimum Gasteiger partial charge on any atom is -0.457 e. The van der Waals surface area contributed by atoms with Gasteiger partial charge < -0.3 is 9.30 Å². The molecule has 45 heavy (non-hydrogen) atoms. The molecule has 4 heteroatoms. The lowest BCUT2D eigenvalue weighted by Crippen LogP contribution is -2.37. The standard InChI is InChI=1S/C41H24N3O/c1-6-18-34-25(11-1)27-13-9-16-31-40(27)44(34)35-19-7-3-14-29(35)41(31)30-15-4-8-20-37(30)45-38-23-28-26-12-2-5-17-33(26)43(36(28)24-32(38)41)39-21-10-22-42-39/h1-24H/q+1. The summed E-state index contributed by atoms with van der Waals surface area (Å²) in [5.41, 5.74) is 10.1. The van der Waals surface area contributed by atoms with Crippen molar-refractivity contribution in [1.29, 1.82) is 0 Å². The molecule has 0 bridgehead atoms. The number of aromatic nitrogens is 2. The van der Waals surface area contributed by atoms with E-state index in [1.54, 1.807) is 0 Å². The summed E-state index contributed by atoms with van der Waals surface area (Å²) >= 11 is 0. The van der Waals surface area contributed by atoms with E-state index in [1.165, 1.54) is 44.0 Å². The molecule has 208 valence electrons. The van der Waals surface area contributed by atoms with Crippen LogP contribution in [0.25, 0.3) is 49.3 Å². The second-order valence-electron chi connectivity index (χ2n) is 12.1. The van der Waals surface area contributed by atoms with Crippen molar-refractivity contribution in [3.63, 3.8) is 0 Å². The molecule has 0 saturated heterocycles. The van der Waals surface area contributed by atoms with Gasteiger partial charge in [0.05, 0.1) is 28.2 Å². The maximum Gasteiger partial charge on any atom is 0.380 e. The molecule has 8 aromatic rings. The summed E-state index contributed by atoms with van der Waals surface area (Å²) in [5.74, 6) is 2.69. The van der Waals surface area contributed by atoms with E-state index in [2.05, 4.69) is 143 Å². The van der Waals surface area contributed by atoms with Gasteiger partial charge in [0.25, 0.3) is 0 Å². The number of rotatable bonds is 0. The molecule has 0 amide bonds. The zero-order valence-corrected chi connectivity index (χ0v) is 24.1. The molecule has 3 aliphatic heterocycles. The molecular formula is C41H24N3O+.